The molecule has 0 aliphatic rings. The smallest absolute Gasteiger partial charge is 0.242 e. The fourth-order valence-electron chi connectivity index (χ4n) is 2.92. The number of hydrogen-bond donors (Lipinski definition) is 1. The highest BCUT2D eigenvalue weighted by Crippen LogP contribution is 2.17. The van der Waals surface area contributed by atoms with Crippen LogP contribution in [0.1, 0.15) is 45.6 Å². The molecule has 0 fully saturated rings. The zero-order valence-corrected chi connectivity index (χ0v) is 19.0. The molecule has 0 saturated heterocycles. The van der Waals surface area contributed by atoms with Crippen LogP contribution in [-0.2, 0) is 16.1 Å². The average Bonchev–Trinajstić information content (AvgIpc) is 2.76. The summed E-state index contributed by atoms with van der Waals surface area (Å²) < 4.78 is 18.9. The van der Waals surface area contributed by atoms with Crippen LogP contribution in [-0.4, -0.2) is 35.4 Å². The molecule has 7 heteroatoms. The summed E-state index contributed by atoms with van der Waals surface area (Å²) in [5.74, 6) is -0.0251. The van der Waals surface area contributed by atoms with Crippen molar-refractivity contribution in [2.45, 2.75) is 58.7 Å². The molecule has 0 radical (unpaired) electrons. The summed E-state index contributed by atoms with van der Waals surface area (Å²) in [5, 5.41) is 3.55. The van der Waals surface area contributed by atoms with E-state index in [1.165, 1.54) is 17.0 Å². The third-order valence-electron chi connectivity index (χ3n) is 5.05. The minimum atomic E-state index is -0.649. The van der Waals surface area contributed by atoms with Crippen molar-refractivity contribution in [1.29, 1.82) is 0 Å². The van der Waals surface area contributed by atoms with Gasteiger partial charge < -0.3 is 15.0 Å². The van der Waals surface area contributed by atoms with Gasteiger partial charge in [0.05, 0.1) is 6.61 Å². The highest BCUT2D eigenvalue weighted by molar-refractivity contribution is 6.30. The number of ether oxygens (including phenoxy) is 1. The fraction of sp³-hybridized carbons (Fsp3) is 0.417. The Hall–Kier alpha value is -2.60. The maximum Gasteiger partial charge on any atom is 0.242 e. The van der Waals surface area contributed by atoms with E-state index in [2.05, 4.69) is 5.32 Å². The minimum absolute atomic E-state index is 0.0190. The van der Waals surface area contributed by atoms with Crippen molar-refractivity contribution >= 4 is 23.4 Å². The topological polar surface area (TPSA) is 58.6 Å². The number of carbonyl (C=O) groups excluding carboxylic acids is 2. The van der Waals surface area contributed by atoms with Crippen LogP contribution in [0.25, 0.3) is 0 Å². The fourth-order valence-corrected chi connectivity index (χ4v) is 3.05. The first-order valence-electron chi connectivity index (χ1n) is 10.5. The second kappa shape index (κ2) is 12.3. The van der Waals surface area contributed by atoms with Crippen LogP contribution in [0.3, 0.4) is 0 Å². The molecule has 2 amide bonds. The summed E-state index contributed by atoms with van der Waals surface area (Å²) in [4.78, 5) is 27.2. The zero-order chi connectivity index (χ0) is 22.8. The summed E-state index contributed by atoms with van der Waals surface area (Å²) in [6.07, 6.45) is 1.53. The summed E-state index contributed by atoms with van der Waals surface area (Å²) in [5.41, 5.74) is 0.760. The van der Waals surface area contributed by atoms with Gasteiger partial charge in [-0.1, -0.05) is 30.7 Å². The molecule has 2 atom stereocenters. The molecule has 0 saturated carbocycles. The minimum Gasteiger partial charge on any atom is -0.494 e. The maximum atomic E-state index is 13.3. The Kier molecular flexibility index (Phi) is 9.79. The van der Waals surface area contributed by atoms with Crippen LogP contribution < -0.4 is 10.1 Å². The number of rotatable bonds is 11. The van der Waals surface area contributed by atoms with Crippen molar-refractivity contribution in [3.63, 3.8) is 0 Å². The highest BCUT2D eigenvalue weighted by atomic mass is 35.5. The Balaban J connectivity index is 1.99. The van der Waals surface area contributed by atoms with Crippen molar-refractivity contribution in [2.75, 3.05) is 6.61 Å². The third-order valence-corrected chi connectivity index (χ3v) is 5.30. The lowest BCUT2D eigenvalue weighted by Gasteiger charge is -2.29. The van der Waals surface area contributed by atoms with Crippen LogP contribution in [0, 0.1) is 5.82 Å². The van der Waals surface area contributed by atoms with Crippen LogP contribution >= 0.6 is 11.6 Å². The second-order valence-corrected chi connectivity index (χ2v) is 7.98. The zero-order valence-electron chi connectivity index (χ0n) is 18.2. The molecule has 168 valence electrons. The quantitative estimate of drug-likeness (QED) is 0.494. The summed E-state index contributed by atoms with van der Waals surface area (Å²) in [6.45, 7) is 6.21. The predicted molar refractivity (Wildman–Crippen MR) is 120 cm³/mol. The standard InChI is InChI=1S/C24H30ClFN2O3/c1-4-17(2)27-24(30)18(3)28(16-19-7-11-21(26)12-8-19)23(29)6-5-15-31-22-13-9-20(25)10-14-22/h7-14,17-18H,4-6,15-16H2,1-3H3,(H,27,30)/t17-,18-/m1/s1. The van der Waals surface area contributed by atoms with Crippen LogP contribution in [0.4, 0.5) is 4.39 Å². The highest BCUT2D eigenvalue weighted by Gasteiger charge is 2.26. The normalized spacial score (nSPS) is 12.7. The molecule has 2 rings (SSSR count). The van der Waals surface area contributed by atoms with Gasteiger partial charge in [-0.25, -0.2) is 4.39 Å². The molecule has 0 aromatic heterocycles. The van der Waals surface area contributed by atoms with E-state index in [0.29, 0.717) is 23.8 Å². The van der Waals surface area contributed by atoms with Gasteiger partial charge in [-0.15, -0.1) is 0 Å². The summed E-state index contributed by atoms with van der Waals surface area (Å²) in [6, 6.07) is 12.3. The van der Waals surface area contributed by atoms with Crippen LogP contribution in [0.2, 0.25) is 5.02 Å². The molecule has 0 aliphatic heterocycles. The molecule has 31 heavy (non-hydrogen) atoms. The first-order valence-corrected chi connectivity index (χ1v) is 10.9. The third kappa shape index (κ3) is 8.21. The van der Waals surface area contributed by atoms with Gasteiger partial charge in [-0.2, -0.15) is 0 Å². The first kappa shape index (κ1) is 24.7. The lowest BCUT2D eigenvalue weighted by Crippen LogP contribution is -2.49. The van der Waals surface area contributed by atoms with E-state index in [-0.39, 0.29) is 36.6 Å². The van der Waals surface area contributed by atoms with Gasteiger partial charge in [0, 0.05) is 24.0 Å². The van der Waals surface area contributed by atoms with E-state index in [1.807, 2.05) is 13.8 Å². The number of hydrogen-bond acceptors (Lipinski definition) is 3. The number of nitrogens with one attached hydrogen (secondary N) is 1. The van der Waals surface area contributed by atoms with Gasteiger partial charge in [0.15, 0.2) is 0 Å². The van der Waals surface area contributed by atoms with E-state index in [1.54, 1.807) is 43.3 Å². The predicted octanol–water partition coefficient (Wildman–Crippen LogP) is 4.97. The summed E-state index contributed by atoms with van der Waals surface area (Å²) >= 11 is 5.86. The second-order valence-electron chi connectivity index (χ2n) is 7.55. The van der Waals surface area contributed by atoms with E-state index in [0.717, 1.165) is 12.0 Å². The Morgan fingerprint density at radius 2 is 1.74 bits per heavy atom. The summed E-state index contributed by atoms with van der Waals surface area (Å²) in [7, 11) is 0. The van der Waals surface area contributed by atoms with E-state index in [4.69, 9.17) is 16.3 Å². The largest absolute Gasteiger partial charge is 0.494 e. The van der Waals surface area contributed by atoms with Crippen molar-refractivity contribution in [1.82, 2.24) is 10.2 Å². The van der Waals surface area contributed by atoms with Gasteiger partial charge in [-0.3, -0.25) is 9.59 Å². The monoisotopic (exact) mass is 448 g/mol. The molecular weight excluding hydrogens is 419 g/mol. The molecule has 0 aliphatic carbocycles. The first-order chi connectivity index (χ1) is 14.8. The Bertz CT molecular complexity index is 843. The molecule has 2 aromatic carbocycles. The number of amides is 2. The van der Waals surface area contributed by atoms with Gasteiger partial charge in [0.1, 0.15) is 17.6 Å². The average molecular weight is 449 g/mol. The van der Waals surface area contributed by atoms with Crippen molar-refractivity contribution in [2.24, 2.45) is 0 Å². The van der Waals surface area contributed by atoms with Crippen molar-refractivity contribution < 1.29 is 18.7 Å². The number of benzene rings is 2. The Morgan fingerprint density at radius 3 is 2.35 bits per heavy atom. The Morgan fingerprint density at radius 1 is 1.10 bits per heavy atom. The number of nitrogens with zero attached hydrogens (tertiary/aromatic N) is 1. The lowest BCUT2D eigenvalue weighted by molar-refractivity contribution is -0.141. The van der Waals surface area contributed by atoms with E-state index >= 15 is 0 Å². The molecular formula is C24H30ClFN2O3. The maximum absolute atomic E-state index is 13.3. The van der Waals surface area contributed by atoms with Gasteiger partial charge in [0.2, 0.25) is 11.8 Å². The number of halogens is 2. The molecule has 0 unspecified atom stereocenters. The van der Waals surface area contributed by atoms with Crippen molar-refractivity contribution in [3.8, 4) is 5.75 Å². The molecule has 0 heterocycles. The van der Waals surface area contributed by atoms with E-state index < -0.39 is 6.04 Å². The van der Waals surface area contributed by atoms with Gasteiger partial charge in [-0.05, 0) is 68.7 Å². The lowest BCUT2D eigenvalue weighted by atomic mass is 10.1. The molecule has 5 nitrogen and oxygen atoms in total. The SMILES string of the molecule is CC[C@@H](C)NC(=O)[C@@H](C)N(Cc1ccc(F)cc1)C(=O)CCCOc1ccc(Cl)cc1. The van der Waals surface area contributed by atoms with Crippen LogP contribution in [0.5, 0.6) is 5.75 Å². The Labute approximate surface area is 188 Å². The van der Waals surface area contributed by atoms with Gasteiger partial charge in [0.25, 0.3) is 0 Å². The van der Waals surface area contributed by atoms with Gasteiger partial charge >= 0.3 is 0 Å². The van der Waals surface area contributed by atoms with E-state index in [9.17, 15) is 14.0 Å². The molecule has 0 spiro atoms. The molecule has 1 N–H and O–H groups in total. The van der Waals surface area contributed by atoms with Crippen LogP contribution in [0.15, 0.2) is 48.5 Å². The molecule has 2 aromatic rings. The molecule has 0 bridgehead atoms. The van der Waals surface area contributed by atoms with Crippen molar-refractivity contribution in [3.05, 3.63) is 64.9 Å². The number of carbonyl (C=O) groups is 2.